The zero-order valence-corrected chi connectivity index (χ0v) is 15.6. The highest BCUT2D eigenvalue weighted by atomic mass is 16.5. The first kappa shape index (κ1) is 19.0. The standard InChI is InChI=1S/C17H28N6O2/c1-6-18-16(19-9-14-7-15(12(2)3)22-25-14)20-11-17(4,24)13-8-21-23(5)10-13/h7-8,10,12,24H,6,9,11H2,1-5H3,(H2,18,19,20). The van der Waals surface area contributed by atoms with Crippen LogP contribution in [0.25, 0.3) is 0 Å². The second-order valence-electron chi connectivity index (χ2n) is 6.60. The van der Waals surface area contributed by atoms with E-state index in [0.29, 0.717) is 37.3 Å². The van der Waals surface area contributed by atoms with Crippen molar-refractivity contribution >= 4 is 5.96 Å². The van der Waals surface area contributed by atoms with Crippen molar-refractivity contribution < 1.29 is 9.63 Å². The molecule has 0 fully saturated rings. The minimum atomic E-state index is -1.05. The number of rotatable bonds is 7. The van der Waals surface area contributed by atoms with E-state index in [2.05, 4.69) is 39.7 Å². The molecule has 138 valence electrons. The molecule has 0 saturated heterocycles. The van der Waals surface area contributed by atoms with Gasteiger partial charge >= 0.3 is 0 Å². The van der Waals surface area contributed by atoms with E-state index in [4.69, 9.17) is 4.52 Å². The lowest BCUT2D eigenvalue weighted by molar-refractivity contribution is 0.0616. The summed E-state index contributed by atoms with van der Waals surface area (Å²) in [5, 5.41) is 25.1. The fourth-order valence-electron chi connectivity index (χ4n) is 2.23. The number of nitrogens with one attached hydrogen (secondary N) is 2. The monoisotopic (exact) mass is 348 g/mol. The number of aliphatic imine (C=N–C) groups is 1. The normalized spacial score (nSPS) is 14.6. The molecule has 0 amide bonds. The molecule has 0 aliphatic carbocycles. The van der Waals surface area contributed by atoms with E-state index in [1.165, 1.54) is 0 Å². The second kappa shape index (κ2) is 8.15. The lowest BCUT2D eigenvalue weighted by atomic mass is 10.00. The van der Waals surface area contributed by atoms with Crippen LogP contribution in [0, 0.1) is 0 Å². The fourth-order valence-corrected chi connectivity index (χ4v) is 2.23. The average molecular weight is 348 g/mol. The van der Waals surface area contributed by atoms with Crippen molar-refractivity contribution in [3.8, 4) is 0 Å². The van der Waals surface area contributed by atoms with Crippen LogP contribution < -0.4 is 10.6 Å². The fraction of sp³-hybridized carbons (Fsp3) is 0.588. The molecular weight excluding hydrogens is 320 g/mol. The minimum absolute atomic E-state index is 0.304. The smallest absolute Gasteiger partial charge is 0.191 e. The third-order valence-electron chi connectivity index (χ3n) is 3.83. The molecule has 0 spiro atoms. The largest absolute Gasteiger partial charge is 0.383 e. The van der Waals surface area contributed by atoms with Gasteiger partial charge in [0.25, 0.3) is 0 Å². The molecule has 3 N–H and O–H groups in total. The predicted molar refractivity (Wildman–Crippen MR) is 96.2 cm³/mol. The first-order chi connectivity index (χ1) is 11.8. The first-order valence-corrected chi connectivity index (χ1v) is 8.51. The predicted octanol–water partition coefficient (Wildman–Crippen LogP) is 1.49. The van der Waals surface area contributed by atoms with E-state index >= 15 is 0 Å². The summed E-state index contributed by atoms with van der Waals surface area (Å²) < 4.78 is 6.96. The lowest BCUT2D eigenvalue weighted by Gasteiger charge is -2.23. The Kier molecular flexibility index (Phi) is 6.19. The molecule has 1 unspecified atom stereocenters. The van der Waals surface area contributed by atoms with Crippen molar-refractivity contribution in [2.75, 3.05) is 13.1 Å². The van der Waals surface area contributed by atoms with E-state index in [-0.39, 0.29) is 0 Å². The van der Waals surface area contributed by atoms with Gasteiger partial charge in [0.15, 0.2) is 11.7 Å². The molecule has 0 aliphatic rings. The highest BCUT2D eigenvalue weighted by molar-refractivity contribution is 5.79. The van der Waals surface area contributed by atoms with Gasteiger partial charge in [-0.05, 0) is 19.8 Å². The SMILES string of the molecule is CCNC(=NCc1cc(C(C)C)no1)NCC(C)(O)c1cnn(C)c1. The van der Waals surface area contributed by atoms with Crippen LogP contribution in [0.3, 0.4) is 0 Å². The van der Waals surface area contributed by atoms with Gasteiger partial charge in [-0.2, -0.15) is 5.10 Å². The molecular formula is C17H28N6O2. The summed E-state index contributed by atoms with van der Waals surface area (Å²) >= 11 is 0. The first-order valence-electron chi connectivity index (χ1n) is 8.51. The van der Waals surface area contributed by atoms with E-state index < -0.39 is 5.60 Å². The number of aromatic nitrogens is 3. The summed E-state index contributed by atoms with van der Waals surface area (Å²) in [6, 6.07) is 1.92. The average Bonchev–Trinajstić information content (AvgIpc) is 3.19. The molecule has 1 atom stereocenters. The summed E-state index contributed by atoms with van der Waals surface area (Å²) in [5.74, 6) is 1.64. The third kappa shape index (κ3) is 5.32. The Morgan fingerprint density at radius 3 is 2.76 bits per heavy atom. The van der Waals surface area contributed by atoms with Gasteiger partial charge in [0, 0.05) is 31.4 Å². The van der Waals surface area contributed by atoms with Crippen molar-refractivity contribution in [3.05, 3.63) is 35.5 Å². The van der Waals surface area contributed by atoms with Gasteiger partial charge in [-0.15, -0.1) is 0 Å². The van der Waals surface area contributed by atoms with Crippen molar-refractivity contribution in [2.45, 2.75) is 45.8 Å². The van der Waals surface area contributed by atoms with Gasteiger partial charge < -0.3 is 20.3 Å². The van der Waals surface area contributed by atoms with Crippen molar-refractivity contribution in [2.24, 2.45) is 12.0 Å². The van der Waals surface area contributed by atoms with Crippen LogP contribution in [0.15, 0.2) is 28.0 Å². The molecule has 0 saturated carbocycles. The van der Waals surface area contributed by atoms with Gasteiger partial charge in [-0.25, -0.2) is 4.99 Å². The number of nitrogens with zero attached hydrogens (tertiary/aromatic N) is 4. The van der Waals surface area contributed by atoms with E-state index in [1.807, 2.05) is 20.0 Å². The maximum Gasteiger partial charge on any atom is 0.191 e. The number of hydrogen-bond acceptors (Lipinski definition) is 5. The molecule has 2 aromatic heterocycles. The summed E-state index contributed by atoms with van der Waals surface area (Å²) in [5.41, 5.74) is 0.611. The van der Waals surface area contributed by atoms with Crippen LogP contribution in [0.4, 0.5) is 0 Å². The van der Waals surface area contributed by atoms with Crippen molar-refractivity contribution in [1.29, 1.82) is 0 Å². The number of aliphatic hydroxyl groups is 1. The van der Waals surface area contributed by atoms with Crippen LogP contribution in [0.1, 0.15) is 50.6 Å². The second-order valence-corrected chi connectivity index (χ2v) is 6.60. The van der Waals surface area contributed by atoms with Crippen LogP contribution in [0.2, 0.25) is 0 Å². The highest BCUT2D eigenvalue weighted by Gasteiger charge is 2.25. The number of hydrogen-bond donors (Lipinski definition) is 3. The van der Waals surface area contributed by atoms with Gasteiger partial charge in [0.05, 0.1) is 18.4 Å². The lowest BCUT2D eigenvalue weighted by Crippen LogP contribution is -2.44. The molecule has 8 heteroatoms. The van der Waals surface area contributed by atoms with Crippen LogP contribution in [-0.4, -0.2) is 39.1 Å². The molecule has 0 aromatic carbocycles. The van der Waals surface area contributed by atoms with Gasteiger partial charge in [-0.3, -0.25) is 4.68 Å². The Bertz CT molecular complexity index is 702. The minimum Gasteiger partial charge on any atom is -0.383 e. The maximum atomic E-state index is 10.6. The Labute approximate surface area is 148 Å². The third-order valence-corrected chi connectivity index (χ3v) is 3.83. The van der Waals surface area contributed by atoms with Crippen LogP contribution in [-0.2, 0) is 19.2 Å². The highest BCUT2D eigenvalue weighted by Crippen LogP contribution is 2.18. The Morgan fingerprint density at radius 1 is 1.44 bits per heavy atom. The van der Waals surface area contributed by atoms with Crippen molar-refractivity contribution in [1.82, 2.24) is 25.6 Å². The Balaban J connectivity index is 1.99. The van der Waals surface area contributed by atoms with Crippen LogP contribution in [0.5, 0.6) is 0 Å². The molecule has 2 rings (SSSR count). The zero-order chi connectivity index (χ0) is 18.4. The number of guanidine groups is 1. The molecule has 2 heterocycles. The quantitative estimate of drug-likeness (QED) is 0.518. The Morgan fingerprint density at radius 2 is 2.20 bits per heavy atom. The summed E-state index contributed by atoms with van der Waals surface area (Å²) in [6.45, 7) is 9.26. The van der Waals surface area contributed by atoms with Gasteiger partial charge in [0.1, 0.15) is 12.1 Å². The Hall–Kier alpha value is -2.35. The summed E-state index contributed by atoms with van der Waals surface area (Å²) in [6.07, 6.45) is 3.46. The molecule has 2 aromatic rings. The van der Waals surface area contributed by atoms with Gasteiger partial charge in [-0.1, -0.05) is 19.0 Å². The molecule has 0 aliphatic heterocycles. The van der Waals surface area contributed by atoms with E-state index in [9.17, 15) is 5.11 Å². The van der Waals surface area contributed by atoms with E-state index in [1.54, 1.807) is 24.0 Å². The molecule has 8 nitrogen and oxygen atoms in total. The van der Waals surface area contributed by atoms with E-state index in [0.717, 1.165) is 11.3 Å². The van der Waals surface area contributed by atoms with Crippen LogP contribution >= 0.6 is 0 Å². The summed E-state index contributed by atoms with van der Waals surface area (Å²) in [4.78, 5) is 4.49. The van der Waals surface area contributed by atoms with Crippen molar-refractivity contribution in [3.63, 3.8) is 0 Å². The van der Waals surface area contributed by atoms with Gasteiger partial charge in [0.2, 0.25) is 0 Å². The molecule has 0 radical (unpaired) electrons. The molecule has 25 heavy (non-hydrogen) atoms. The molecule has 0 bridgehead atoms. The number of aryl methyl sites for hydroxylation is 1. The zero-order valence-electron chi connectivity index (χ0n) is 15.6. The summed E-state index contributed by atoms with van der Waals surface area (Å²) in [7, 11) is 1.82. The maximum absolute atomic E-state index is 10.6. The topological polar surface area (TPSA) is 100 Å².